The molecule has 1 atom stereocenters. The first kappa shape index (κ1) is 10.8. The largest absolute Gasteiger partial charge is 0.361 e. The molecule has 1 fully saturated rings. The Hall–Kier alpha value is -2.30. The van der Waals surface area contributed by atoms with Crippen molar-refractivity contribution in [2.45, 2.75) is 19.4 Å². The van der Waals surface area contributed by atoms with E-state index in [1.807, 2.05) is 25.3 Å². The third-order valence-corrected chi connectivity index (χ3v) is 3.21. The highest BCUT2D eigenvalue weighted by Gasteiger charge is 2.29. The molecule has 1 saturated heterocycles. The minimum Gasteiger partial charge on any atom is -0.361 e. The lowest BCUT2D eigenvalue weighted by molar-refractivity contribution is -0.120. The Balaban J connectivity index is 1.93. The van der Waals surface area contributed by atoms with Gasteiger partial charge in [-0.05, 0) is 24.6 Å². The molecule has 0 unspecified atom stereocenters. The first-order chi connectivity index (χ1) is 8.63. The molecule has 3 N–H and O–H groups in total. The smallest absolute Gasteiger partial charge is 0.322 e. The highest BCUT2D eigenvalue weighted by molar-refractivity contribution is 6.04. The van der Waals surface area contributed by atoms with Gasteiger partial charge in [-0.3, -0.25) is 10.1 Å². The van der Waals surface area contributed by atoms with Crippen LogP contribution in [0.4, 0.5) is 4.79 Å². The summed E-state index contributed by atoms with van der Waals surface area (Å²) in [4.78, 5) is 25.7. The van der Waals surface area contributed by atoms with Gasteiger partial charge in [-0.2, -0.15) is 0 Å². The molecular formula is C13H13N3O2. The fraction of sp³-hybridized carbons (Fsp3) is 0.231. The van der Waals surface area contributed by atoms with E-state index >= 15 is 0 Å². The van der Waals surface area contributed by atoms with Crippen molar-refractivity contribution in [3.63, 3.8) is 0 Å². The summed E-state index contributed by atoms with van der Waals surface area (Å²) < 4.78 is 0. The summed E-state index contributed by atoms with van der Waals surface area (Å²) in [5.74, 6) is -0.262. The van der Waals surface area contributed by atoms with Gasteiger partial charge < -0.3 is 10.3 Å². The third-order valence-electron chi connectivity index (χ3n) is 3.21. The molecule has 0 aliphatic carbocycles. The second-order valence-electron chi connectivity index (χ2n) is 4.58. The summed E-state index contributed by atoms with van der Waals surface area (Å²) in [6.07, 6.45) is 2.39. The van der Waals surface area contributed by atoms with Crippen molar-refractivity contribution >= 4 is 22.8 Å². The number of hydrogen-bond donors (Lipinski definition) is 3. The standard InChI is InChI=1S/C13H13N3O2/c1-7-2-3-10-9(4-7)8(6-14-10)5-11-12(17)16-13(18)15-11/h2-4,6,11,14H,5H2,1H3,(H2,15,16,17,18)/t11-/m1/s1. The maximum absolute atomic E-state index is 11.5. The molecule has 1 aliphatic heterocycles. The van der Waals surface area contributed by atoms with Crippen LogP contribution < -0.4 is 10.6 Å². The van der Waals surface area contributed by atoms with Gasteiger partial charge in [0.15, 0.2) is 0 Å². The van der Waals surface area contributed by atoms with E-state index in [-0.39, 0.29) is 5.91 Å². The number of hydrogen-bond acceptors (Lipinski definition) is 2. The number of fused-ring (bicyclic) bond motifs is 1. The van der Waals surface area contributed by atoms with Gasteiger partial charge in [-0.1, -0.05) is 11.6 Å². The summed E-state index contributed by atoms with van der Waals surface area (Å²) in [7, 11) is 0. The number of carbonyl (C=O) groups excluding carboxylic acids is 2. The molecule has 3 amide bonds. The molecule has 1 aromatic heterocycles. The molecule has 92 valence electrons. The van der Waals surface area contributed by atoms with Crippen LogP contribution in [0.3, 0.4) is 0 Å². The van der Waals surface area contributed by atoms with Crippen LogP contribution in [0.15, 0.2) is 24.4 Å². The minimum absolute atomic E-state index is 0.262. The Morgan fingerprint density at radius 3 is 2.83 bits per heavy atom. The summed E-state index contributed by atoms with van der Waals surface area (Å²) in [6.45, 7) is 2.03. The summed E-state index contributed by atoms with van der Waals surface area (Å²) in [6, 6.07) is 5.24. The number of rotatable bonds is 2. The SMILES string of the molecule is Cc1ccc2[nH]cc(C[C@H]3NC(=O)NC3=O)c2c1. The molecule has 2 aromatic rings. The van der Waals surface area contributed by atoms with E-state index in [4.69, 9.17) is 0 Å². The van der Waals surface area contributed by atoms with Crippen LogP contribution in [0.1, 0.15) is 11.1 Å². The van der Waals surface area contributed by atoms with Crippen LogP contribution in [0, 0.1) is 6.92 Å². The number of H-pyrrole nitrogens is 1. The van der Waals surface area contributed by atoms with Gasteiger partial charge in [-0.15, -0.1) is 0 Å². The van der Waals surface area contributed by atoms with E-state index in [1.54, 1.807) is 0 Å². The maximum atomic E-state index is 11.5. The lowest BCUT2D eigenvalue weighted by Crippen LogP contribution is -2.30. The number of benzene rings is 1. The lowest BCUT2D eigenvalue weighted by atomic mass is 10.0. The average Bonchev–Trinajstić information content (AvgIpc) is 2.84. The van der Waals surface area contributed by atoms with E-state index in [2.05, 4.69) is 21.7 Å². The van der Waals surface area contributed by atoms with E-state index < -0.39 is 12.1 Å². The molecule has 3 rings (SSSR count). The fourth-order valence-corrected chi connectivity index (χ4v) is 2.28. The average molecular weight is 243 g/mol. The molecule has 5 nitrogen and oxygen atoms in total. The van der Waals surface area contributed by atoms with Gasteiger partial charge in [0.05, 0.1) is 0 Å². The zero-order chi connectivity index (χ0) is 12.7. The Morgan fingerprint density at radius 2 is 2.11 bits per heavy atom. The minimum atomic E-state index is -0.475. The number of imide groups is 1. The number of aromatic amines is 1. The zero-order valence-electron chi connectivity index (χ0n) is 9.91. The number of aryl methyl sites for hydroxylation is 1. The van der Waals surface area contributed by atoms with Gasteiger partial charge in [0.1, 0.15) is 6.04 Å². The van der Waals surface area contributed by atoms with Crippen LogP contribution in [-0.4, -0.2) is 23.0 Å². The Kier molecular flexibility index (Phi) is 2.33. The predicted molar refractivity (Wildman–Crippen MR) is 67.2 cm³/mol. The van der Waals surface area contributed by atoms with Crippen LogP contribution in [-0.2, 0) is 11.2 Å². The molecular weight excluding hydrogens is 230 g/mol. The Morgan fingerprint density at radius 1 is 1.28 bits per heavy atom. The first-order valence-corrected chi connectivity index (χ1v) is 5.81. The van der Waals surface area contributed by atoms with Crippen LogP contribution >= 0.6 is 0 Å². The summed E-state index contributed by atoms with van der Waals surface area (Å²) >= 11 is 0. The number of carbonyl (C=O) groups is 2. The second-order valence-corrected chi connectivity index (χ2v) is 4.58. The fourth-order valence-electron chi connectivity index (χ4n) is 2.28. The number of nitrogens with one attached hydrogen (secondary N) is 3. The molecule has 1 aromatic carbocycles. The van der Waals surface area contributed by atoms with Gasteiger partial charge in [0, 0.05) is 23.5 Å². The Bertz CT molecular complexity index is 645. The van der Waals surface area contributed by atoms with Crippen molar-refractivity contribution in [1.29, 1.82) is 0 Å². The zero-order valence-corrected chi connectivity index (χ0v) is 9.91. The van der Waals surface area contributed by atoms with Gasteiger partial charge in [0.2, 0.25) is 0 Å². The van der Waals surface area contributed by atoms with Crippen molar-refractivity contribution < 1.29 is 9.59 Å². The molecule has 18 heavy (non-hydrogen) atoms. The summed E-state index contributed by atoms with van der Waals surface area (Å²) in [5, 5.41) is 5.95. The van der Waals surface area contributed by atoms with E-state index in [0.29, 0.717) is 6.42 Å². The molecule has 1 aliphatic rings. The van der Waals surface area contributed by atoms with Gasteiger partial charge in [-0.25, -0.2) is 4.79 Å². The highest BCUT2D eigenvalue weighted by atomic mass is 16.2. The van der Waals surface area contributed by atoms with Crippen molar-refractivity contribution in [2.24, 2.45) is 0 Å². The van der Waals surface area contributed by atoms with Crippen molar-refractivity contribution in [3.05, 3.63) is 35.5 Å². The number of urea groups is 1. The van der Waals surface area contributed by atoms with Crippen molar-refractivity contribution in [1.82, 2.24) is 15.6 Å². The number of amides is 3. The molecule has 5 heteroatoms. The molecule has 0 spiro atoms. The van der Waals surface area contributed by atoms with Crippen LogP contribution in [0.5, 0.6) is 0 Å². The van der Waals surface area contributed by atoms with E-state index in [0.717, 1.165) is 16.5 Å². The monoisotopic (exact) mass is 243 g/mol. The molecule has 0 radical (unpaired) electrons. The molecule has 0 saturated carbocycles. The second kappa shape index (κ2) is 3.87. The molecule has 2 heterocycles. The highest BCUT2D eigenvalue weighted by Crippen LogP contribution is 2.21. The summed E-state index contributed by atoms with van der Waals surface area (Å²) in [5.41, 5.74) is 3.25. The third kappa shape index (κ3) is 1.73. The van der Waals surface area contributed by atoms with Crippen LogP contribution in [0.25, 0.3) is 10.9 Å². The van der Waals surface area contributed by atoms with Crippen molar-refractivity contribution in [2.75, 3.05) is 0 Å². The van der Waals surface area contributed by atoms with Gasteiger partial charge >= 0.3 is 6.03 Å². The lowest BCUT2D eigenvalue weighted by Gasteiger charge is -2.06. The molecule has 0 bridgehead atoms. The Labute approximate surface area is 104 Å². The van der Waals surface area contributed by atoms with Gasteiger partial charge in [0.25, 0.3) is 5.91 Å². The quantitative estimate of drug-likeness (QED) is 0.694. The number of aromatic nitrogens is 1. The van der Waals surface area contributed by atoms with E-state index in [9.17, 15) is 9.59 Å². The first-order valence-electron chi connectivity index (χ1n) is 5.81. The predicted octanol–water partition coefficient (Wildman–Crippen LogP) is 1.23. The van der Waals surface area contributed by atoms with Crippen molar-refractivity contribution in [3.8, 4) is 0 Å². The maximum Gasteiger partial charge on any atom is 0.322 e. The topological polar surface area (TPSA) is 74.0 Å². The van der Waals surface area contributed by atoms with E-state index in [1.165, 1.54) is 5.56 Å². The normalized spacial score (nSPS) is 19.1. The van der Waals surface area contributed by atoms with Crippen LogP contribution in [0.2, 0.25) is 0 Å².